The van der Waals surface area contributed by atoms with Crippen molar-refractivity contribution in [1.82, 2.24) is 0 Å². The number of aryl methyl sites for hydroxylation is 1. The van der Waals surface area contributed by atoms with Crippen molar-refractivity contribution in [1.29, 1.82) is 0 Å². The Labute approximate surface area is 126 Å². The van der Waals surface area contributed by atoms with Gasteiger partial charge in [0.2, 0.25) is 0 Å². The monoisotopic (exact) mass is 326 g/mol. The van der Waals surface area contributed by atoms with Crippen LogP contribution in [0.15, 0.2) is 12.1 Å². The molecule has 0 aliphatic rings. The number of benzene rings is 1. The van der Waals surface area contributed by atoms with Gasteiger partial charge in [-0.2, -0.15) is 0 Å². The molecule has 0 aliphatic heterocycles. The van der Waals surface area contributed by atoms with E-state index in [4.69, 9.17) is 0 Å². The van der Waals surface area contributed by atoms with Gasteiger partial charge in [-0.05, 0) is 40.4 Å². The first kappa shape index (κ1) is 16.6. The number of alkyl halides is 1. The van der Waals surface area contributed by atoms with Crippen molar-refractivity contribution in [3.8, 4) is 5.75 Å². The van der Waals surface area contributed by atoms with Crippen LogP contribution >= 0.6 is 15.9 Å². The van der Waals surface area contributed by atoms with Crippen molar-refractivity contribution in [3.63, 3.8) is 0 Å². The molecule has 0 aliphatic carbocycles. The summed E-state index contributed by atoms with van der Waals surface area (Å²) in [4.78, 5) is 0. The standard InChI is InChI=1S/C17H27BrO/c1-16(2,3)13-10-12(8-7-9-18)11-14(15(13)19)17(4,5)6/h10-11,19H,7-9H2,1-6H3. The highest BCUT2D eigenvalue weighted by molar-refractivity contribution is 9.09. The van der Waals surface area contributed by atoms with Crippen LogP contribution in [0.4, 0.5) is 0 Å². The molecule has 0 radical (unpaired) electrons. The average Bonchev–Trinajstić information content (AvgIpc) is 2.24. The second kappa shape index (κ2) is 5.87. The summed E-state index contributed by atoms with van der Waals surface area (Å²) >= 11 is 3.49. The Hall–Kier alpha value is -0.500. The Kier molecular flexibility index (Phi) is 5.11. The number of aromatic hydroxyl groups is 1. The highest BCUT2D eigenvalue weighted by atomic mass is 79.9. The van der Waals surface area contributed by atoms with Gasteiger partial charge in [-0.15, -0.1) is 0 Å². The first-order chi connectivity index (χ1) is 8.57. The summed E-state index contributed by atoms with van der Waals surface area (Å²) in [6.45, 7) is 12.9. The van der Waals surface area contributed by atoms with E-state index in [-0.39, 0.29) is 10.8 Å². The van der Waals surface area contributed by atoms with Gasteiger partial charge in [0, 0.05) is 5.33 Å². The fourth-order valence-electron chi connectivity index (χ4n) is 2.25. The summed E-state index contributed by atoms with van der Waals surface area (Å²) < 4.78 is 0. The quantitative estimate of drug-likeness (QED) is 0.746. The molecule has 1 aromatic rings. The van der Waals surface area contributed by atoms with Crippen molar-refractivity contribution in [3.05, 3.63) is 28.8 Å². The Morgan fingerprint density at radius 3 is 1.68 bits per heavy atom. The Balaban J connectivity index is 3.39. The first-order valence-electron chi connectivity index (χ1n) is 7.00. The van der Waals surface area contributed by atoms with Crippen LogP contribution in [-0.4, -0.2) is 10.4 Å². The van der Waals surface area contributed by atoms with E-state index in [9.17, 15) is 5.11 Å². The van der Waals surface area contributed by atoms with E-state index in [1.54, 1.807) is 0 Å². The van der Waals surface area contributed by atoms with Crippen molar-refractivity contribution in [2.45, 2.75) is 65.2 Å². The molecule has 0 atom stereocenters. The summed E-state index contributed by atoms with van der Waals surface area (Å²) in [6.07, 6.45) is 2.18. The molecule has 0 fully saturated rings. The minimum Gasteiger partial charge on any atom is -0.507 e. The maximum atomic E-state index is 10.6. The molecule has 0 heterocycles. The summed E-state index contributed by atoms with van der Waals surface area (Å²) in [7, 11) is 0. The predicted octanol–water partition coefficient (Wildman–Crippen LogP) is 5.31. The van der Waals surface area contributed by atoms with Gasteiger partial charge in [0.1, 0.15) is 5.75 Å². The van der Waals surface area contributed by atoms with E-state index in [1.807, 2.05) is 0 Å². The van der Waals surface area contributed by atoms with E-state index in [0.717, 1.165) is 29.3 Å². The molecular weight excluding hydrogens is 300 g/mol. The Morgan fingerprint density at radius 1 is 0.947 bits per heavy atom. The lowest BCUT2D eigenvalue weighted by molar-refractivity contribution is 0.422. The Bertz CT molecular complexity index is 401. The van der Waals surface area contributed by atoms with Crippen LogP contribution in [-0.2, 0) is 17.3 Å². The van der Waals surface area contributed by atoms with Gasteiger partial charge in [-0.3, -0.25) is 0 Å². The lowest BCUT2D eigenvalue weighted by atomic mass is 9.78. The highest BCUT2D eigenvalue weighted by Gasteiger charge is 2.26. The summed E-state index contributed by atoms with van der Waals surface area (Å²) in [5.74, 6) is 0.475. The van der Waals surface area contributed by atoms with Crippen molar-refractivity contribution >= 4 is 15.9 Å². The zero-order valence-electron chi connectivity index (χ0n) is 13.1. The third-order valence-electron chi connectivity index (χ3n) is 3.38. The van der Waals surface area contributed by atoms with Crippen molar-refractivity contribution < 1.29 is 5.11 Å². The maximum absolute atomic E-state index is 10.6. The SMILES string of the molecule is CC(C)(C)c1cc(CCCBr)cc(C(C)(C)C)c1O. The average molecular weight is 327 g/mol. The van der Waals surface area contributed by atoms with Crippen LogP contribution < -0.4 is 0 Å². The predicted molar refractivity (Wildman–Crippen MR) is 87.6 cm³/mol. The molecule has 1 nitrogen and oxygen atoms in total. The lowest BCUT2D eigenvalue weighted by Gasteiger charge is -2.28. The van der Waals surface area contributed by atoms with Crippen LogP contribution in [0.2, 0.25) is 0 Å². The molecule has 0 saturated heterocycles. The minimum atomic E-state index is -0.0332. The normalized spacial score (nSPS) is 12.8. The molecule has 0 bridgehead atoms. The molecule has 2 heteroatoms. The third kappa shape index (κ3) is 4.24. The molecule has 1 aromatic carbocycles. The number of rotatable bonds is 3. The Morgan fingerprint density at radius 2 is 1.37 bits per heavy atom. The lowest BCUT2D eigenvalue weighted by Crippen LogP contribution is -2.18. The molecule has 19 heavy (non-hydrogen) atoms. The van der Waals surface area contributed by atoms with Crippen LogP contribution in [0, 0.1) is 0 Å². The second-order valence-corrected chi connectivity index (χ2v) is 8.13. The van der Waals surface area contributed by atoms with E-state index < -0.39 is 0 Å². The second-order valence-electron chi connectivity index (χ2n) is 7.33. The van der Waals surface area contributed by atoms with Crippen LogP contribution in [0.5, 0.6) is 5.75 Å². The van der Waals surface area contributed by atoms with Crippen LogP contribution in [0.25, 0.3) is 0 Å². The van der Waals surface area contributed by atoms with E-state index in [2.05, 4.69) is 69.6 Å². The van der Waals surface area contributed by atoms with Gasteiger partial charge in [0.15, 0.2) is 0 Å². The molecule has 1 N–H and O–H groups in total. The number of hydrogen-bond donors (Lipinski definition) is 1. The number of phenolic OH excluding ortho intramolecular Hbond substituents is 1. The van der Waals surface area contributed by atoms with Crippen LogP contribution in [0.3, 0.4) is 0 Å². The van der Waals surface area contributed by atoms with Crippen molar-refractivity contribution in [2.75, 3.05) is 5.33 Å². The minimum absolute atomic E-state index is 0.0332. The fourth-order valence-corrected chi connectivity index (χ4v) is 2.53. The first-order valence-corrected chi connectivity index (χ1v) is 8.12. The highest BCUT2D eigenvalue weighted by Crippen LogP contribution is 2.39. The molecular formula is C17H27BrO. The smallest absolute Gasteiger partial charge is 0.123 e. The van der Waals surface area contributed by atoms with Gasteiger partial charge < -0.3 is 5.11 Å². The van der Waals surface area contributed by atoms with E-state index in [1.165, 1.54) is 5.56 Å². The van der Waals surface area contributed by atoms with Gasteiger partial charge in [-0.1, -0.05) is 69.6 Å². The number of hydrogen-bond acceptors (Lipinski definition) is 1. The van der Waals surface area contributed by atoms with E-state index >= 15 is 0 Å². The number of halogens is 1. The zero-order chi connectivity index (χ0) is 14.8. The molecule has 0 aromatic heterocycles. The van der Waals surface area contributed by atoms with Gasteiger partial charge in [0.05, 0.1) is 0 Å². The fraction of sp³-hybridized carbons (Fsp3) is 0.647. The van der Waals surface area contributed by atoms with Crippen molar-refractivity contribution in [2.24, 2.45) is 0 Å². The largest absolute Gasteiger partial charge is 0.507 e. The van der Waals surface area contributed by atoms with Gasteiger partial charge >= 0.3 is 0 Å². The summed E-state index contributed by atoms with van der Waals surface area (Å²) in [5.41, 5.74) is 3.38. The van der Waals surface area contributed by atoms with Gasteiger partial charge in [0.25, 0.3) is 0 Å². The molecule has 0 spiro atoms. The third-order valence-corrected chi connectivity index (χ3v) is 3.95. The maximum Gasteiger partial charge on any atom is 0.123 e. The van der Waals surface area contributed by atoms with E-state index in [0.29, 0.717) is 5.75 Å². The van der Waals surface area contributed by atoms with Gasteiger partial charge in [-0.25, -0.2) is 0 Å². The number of phenols is 1. The summed E-state index contributed by atoms with van der Waals surface area (Å²) in [5, 5.41) is 11.6. The molecule has 0 unspecified atom stereocenters. The molecule has 0 amide bonds. The zero-order valence-corrected chi connectivity index (χ0v) is 14.7. The summed E-state index contributed by atoms with van der Waals surface area (Å²) in [6, 6.07) is 4.35. The topological polar surface area (TPSA) is 20.2 Å². The molecule has 0 saturated carbocycles. The molecule has 1 rings (SSSR count). The molecule has 108 valence electrons. The van der Waals surface area contributed by atoms with Crippen LogP contribution in [0.1, 0.15) is 64.7 Å².